The fourth-order valence-electron chi connectivity index (χ4n) is 1.89. The zero-order chi connectivity index (χ0) is 15.0. The van der Waals surface area contributed by atoms with Gasteiger partial charge in [-0.1, -0.05) is 6.92 Å². The van der Waals surface area contributed by atoms with E-state index in [1.807, 2.05) is 13.8 Å². The molecule has 0 amide bonds. The Bertz CT molecular complexity index is 486. The summed E-state index contributed by atoms with van der Waals surface area (Å²) in [5, 5.41) is 8.88. The van der Waals surface area contributed by atoms with Gasteiger partial charge in [-0.2, -0.15) is 0 Å². The number of rotatable bonds is 9. The highest BCUT2D eigenvalue weighted by atomic mass is 32.2. The first-order chi connectivity index (χ1) is 9.55. The molecule has 0 aromatic heterocycles. The van der Waals surface area contributed by atoms with Crippen LogP contribution < -0.4 is 9.62 Å². The summed E-state index contributed by atoms with van der Waals surface area (Å²) in [5.41, 5.74) is 0.968. The molecule has 0 bridgehead atoms. The van der Waals surface area contributed by atoms with Crippen LogP contribution in [0.4, 0.5) is 5.69 Å². The van der Waals surface area contributed by atoms with E-state index in [1.54, 1.807) is 24.3 Å². The maximum absolute atomic E-state index is 12.0. The average Bonchev–Trinajstić information content (AvgIpc) is 2.46. The lowest BCUT2D eigenvalue weighted by molar-refractivity contribution is 0.289. The number of nitrogens with one attached hydrogen (secondary N) is 1. The SMILES string of the molecule is CCCNS(=O)(=O)c1ccc(N(CC)CCCO)cc1. The molecule has 1 rings (SSSR count). The molecule has 0 saturated heterocycles. The Labute approximate surface area is 121 Å². The molecule has 0 unspecified atom stereocenters. The van der Waals surface area contributed by atoms with Gasteiger partial charge in [0.15, 0.2) is 0 Å². The van der Waals surface area contributed by atoms with Gasteiger partial charge in [0.2, 0.25) is 10.0 Å². The summed E-state index contributed by atoms with van der Waals surface area (Å²) in [6.07, 6.45) is 1.47. The van der Waals surface area contributed by atoms with Crippen LogP contribution in [0, 0.1) is 0 Å². The molecule has 0 spiro atoms. The molecule has 2 N–H and O–H groups in total. The van der Waals surface area contributed by atoms with Crippen LogP contribution in [0.15, 0.2) is 29.2 Å². The third-order valence-electron chi connectivity index (χ3n) is 3.02. The maximum Gasteiger partial charge on any atom is 0.240 e. The molecule has 0 atom stereocenters. The molecular weight excluding hydrogens is 276 g/mol. The van der Waals surface area contributed by atoms with Gasteiger partial charge in [0.05, 0.1) is 4.90 Å². The number of aliphatic hydroxyl groups excluding tert-OH is 1. The van der Waals surface area contributed by atoms with Gasteiger partial charge in [-0.25, -0.2) is 13.1 Å². The van der Waals surface area contributed by atoms with Crippen LogP contribution in [-0.4, -0.2) is 39.8 Å². The fraction of sp³-hybridized carbons (Fsp3) is 0.571. The van der Waals surface area contributed by atoms with E-state index in [1.165, 1.54) is 0 Å². The normalized spacial score (nSPS) is 11.6. The quantitative estimate of drug-likeness (QED) is 0.726. The van der Waals surface area contributed by atoms with Gasteiger partial charge in [-0.15, -0.1) is 0 Å². The van der Waals surface area contributed by atoms with Crippen molar-refractivity contribution in [2.24, 2.45) is 0 Å². The van der Waals surface area contributed by atoms with E-state index >= 15 is 0 Å². The molecule has 1 aromatic carbocycles. The van der Waals surface area contributed by atoms with E-state index < -0.39 is 10.0 Å². The molecule has 114 valence electrons. The summed E-state index contributed by atoms with van der Waals surface area (Å²) in [6.45, 7) is 6.13. The predicted octanol–water partition coefficient (Wildman–Crippen LogP) is 1.58. The van der Waals surface area contributed by atoms with E-state index in [2.05, 4.69) is 9.62 Å². The predicted molar refractivity (Wildman–Crippen MR) is 81.5 cm³/mol. The second-order valence-corrected chi connectivity index (χ2v) is 6.32. The Morgan fingerprint density at radius 3 is 2.35 bits per heavy atom. The molecule has 6 heteroatoms. The van der Waals surface area contributed by atoms with E-state index in [4.69, 9.17) is 5.11 Å². The van der Waals surface area contributed by atoms with Crippen molar-refractivity contribution < 1.29 is 13.5 Å². The van der Waals surface area contributed by atoms with Gasteiger partial charge >= 0.3 is 0 Å². The number of sulfonamides is 1. The van der Waals surface area contributed by atoms with Crippen molar-refractivity contribution in [1.29, 1.82) is 0 Å². The Kier molecular flexibility index (Phi) is 6.98. The zero-order valence-corrected chi connectivity index (χ0v) is 13.0. The van der Waals surface area contributed by atoms with Crippen molar-refractivity contribution in [2.45, 2.75) is 31.6 Å². The molecular formula is C14H24N2O3S. The summed E-state index contributed by atoms with van der Waals surface area (Å²) < 4.78 is 26.5. The summed E-state index contributed by atoms with van der Waals surface area (Å²) >= 11 is 0. The monoisotopic (exact) mass is 300 g/mol. The third-order valence-corrected chi connectivity index (χ3v) is 4.50. The van der Waals surface area contributed by atoms with Crippen LogP contribution in [0.25, 0.3) is 0 Å². The van der Waals surface area contributed by atoms with Crippen molar-refractivity contribution in [3.05, 3.63) is 24.3 Å². The topological polar surface area (TPSA) is 69.6 Å². The molecule has 0 aliphatic rings. The molecule has 20 heavy (non-hydrogen) atoms. The van der Waals surface area contributed by atoms with Gasteiger partial charge in [0, 0.05) is 31.9 Å². The lowest BCUT2D eigenvalue weighted by atomic mass is 10.2. The molecule has 0 aliphatic carbocycles. The Morgan fingerprint density at radius 1 is 1.20 bits per heavy atom. The fourth-order valence-corrected chi connectivity index (χ4v) is 3.02. The maximum atomic E-state index is 12.0. The number of hydrogen-bond acceptors (Lipinski definition) is 4. The van der Waals surface area contributed by atoms with Crippen LogP contribution in [0.5, 0.6) is 0 Å². The highest BCUT2D eigenvalue weighted by Crippen LogP contribution is 2.18. The standard InChI is InChI=1S/C14H24N2O3S/c1-3-10-15-20(18,19)14-8-6-13(7-9-14)16(4-2)11-5-12-17/h6-9,15,17H,3-5,10-12H2,1-2H3. The van der Waals surface area contributed by atoms with Crippen LogP contribution >= 0.6 is 0 Å². The van der Waals surface area contributed by atoms with Crippen molar-refractivity contribution in [2.75, 3.05) is 31.1 Å². The Hall–Kier alpha value is -1.11. The van der Waals surface area contributed by atoms with Crippen LogP contribution in [0.2, 0.25) is 0 Å². The largest absolute Gasteiger partial charge is 0.396 e. The van der Waals surface area contributed by atoms with E-state index in [0.717, 1.165) is 25.2 Å². The summed E-state index contributed by atoms with van der Waals surface area (Å²) in [7, 11) is -3.40. The second-order valence-electron chi connectivity index (χ2n) is 4.55. The van der Waals surface area contributed by atoms with Gasteiger partial charge in [0.1, 0.15) is 0 Å². The minimum Gasteiger partial charge on any atom is -0.396 e. The first kappa shape index (κ1) is 16.9. The van der Waals surface area contributed by atoms with Gasteiger partial charge in [-0.3, -0.25) is 0 Å². The van der Waals surface area contributed by atoms with Crippen molar-refractivity contribution in [3.63, 3.8) is 0 Å². The number of aliphatic hydroxyl groups is 1. The van der Waals surface area contributed by atoms with Gasteiger partial charge < -0.3 is 10.0 Å². The smallest absolute Gasteiger partial charge is 0.240 e. The molecule has 1 aromatic rings. The van der Waals surface area contributed by atoms with Gasteiger partial charge in [0.25, 0.3) is 0 Å². The molecule has 0 aliphatic heterocycles. The lowest BCUT2D eigenvalue weighted by Crippen LogP contribution is -2.26. The van der Waals surface area contributed by atoms with E-state index in [9.17, 15) is 8.42 Å². The summed E-state index contributed by atoms with van der Waals surface area (Å²) in [6, 6.07) is 6.85. The number of anilines is 1. The highest BCUT2D eigenvalue weighted by molar-refractivity contribution is 7.89. The van der Waals surface area contributed by atoms with Crippen molar-refractivity contribution in [3.8, 4) is 0 Å². The van der Waals surface area contributed by atoms with Crippen LogP contribution in [0.1, 0.15) is 26.7 Å². The van der Waals surface area contributed by atoms with Crippen molar-refractivity contribution >= 4 is 15.7 Å². The minimum atomic E-state index is -3.40. The summed E-state index contributed by atoms with van der Waals surface area (Å²) in [4.78, 5) is 2.39. The molecule has 0 heterocycles. The highest BCUT2D eigenvalue weighted by Gasteiger charge is 2.13. The van der Waals surface area contributed by atoms with Gasteiger partial charge in [-0.05, 0) is 44.0 Å². The van der Waals surface area contributed by atoms with E-state index in [0.29, 0.717) is 13.0 Å². The number of hydrogen-bond donors (Lipinski definition) is 2. The lowest BCUT2D eigenvalue weighted by Gasteiger charge is -2.22. The summed E-state index contributed by atoms with van der Waals surface area (Å²) in [5.74, 6) is 0. The Balaban J connectivity index is 2.82. The van der Waals surface area contributed by atoms with Crippen LogP contribution in [-0.2, 0) is 10.0 Å². The van der Waals surface area contributed by atoms with Crippen molar-refractivity contribution in [1.82, 2.24) is 4.72 Å². The third kappa shape index (κ3) is 4.77. The first-order valence-electron chi connectivity index (χ1n) is 7.00. The Morgan fingerprint density at radius 2 is 1.85 bits per heavy atom. The minimum absolute atomic E-state index is 0.157. The number of benzene rings is 1. The van der Waals surface area contributed by atoms with Crippen LogP contribution in [0.3, 0.4) is 0 Å². The zero-order valence-electron chi connectivity index (χ0n) is 12.2. The molecule has 0 saturated carbocycles. The average molecular weight is 300 g/mol. The second kappa shape index (κ2) is 8.24. The first-order valence-corrected chi connectivity index (χ1v) is 8.49. The van der Waals surface area contributed by atoms with E-state index in [-0.39, 0.29) is 11.5 Å². The molecule has 5 nitrogen and oxygen atoms in total. The number of nitrogens with zero attached hydrogens (tertiary/aromatic N) is 1. The molecule has 0 radical (unpaired) electrons. The molecule has 0 fully saturated rings.